The van der Waals surface area contributed by atoms with Crippen LogP contribution in [-0.4, -0.2) is 25.8 Å². The van der Waals surface area contributed by atoms with Crippen molar-refractivity contribution in [3.63, 3.8) is 0 Å². The molecule has 0 amide bonds. The third-order valence-electron chi connectivity index (χ3n) is 2.91. The van der Waals surface area contributed by atoms with Crippen molar-refractivity contribution < 1.29 is 8.42 Å². The third kappa shape index (κ3) is 3.56. The number of benzene rings is 1. The van der Waals surface area contributed by atoms with Crippen molar-refractivity contribution in [1.29, 1.82) is 0 Å². The van der Waals surface area contributed by atoms with Crippen LogP contribution in [0.25, 0.3) is 0 Å². The predicted octanol–water partition coefficient (Wildman–Crippen LogP) is 2.92. The second kappa shape index (κ2) is 6.34. The Morgan fingerprint density at radius 3 is 1.94 bits per heavy atom. The maximum atomic E-state index is 12.3. The fraction of sp³-hybridized carbons (Fsp3) is 0.571. The molecule has 0 aliphatic carbocycles. The van der Waals surface area contributed by atoms with Crippen LogP contribution in [-0.2, 0) is 16.4 Å². The molecule has 3 nitrogen and oxygen atoms in total. The van der Waals surface area contributed by atoms with Gasteiger partial charge in [0.15, 0.2) is 0 Å². The Labute approximate surface area is 111 Å². The molecule has 1 rings (SSSR count). The van der Waals surface area contributed by atoms with Crippen molar-refractivity contribution >= 4 is 10.0 Å². The number of rotatable bonds is 6. The Hall–Kier alpha value is -0.870. The molecular weight excluding hydrogens is 246 g/mol. The van der Waals surface area contributed by atoms with Gasteiger partial charge in [-0.25, -0.2) is 8.42 Å². The largest absolute Gasteiger partial charge is 0.243 e. The van der Waals surface area contributed by atoms with E-state index in [0.717, 1.165) is 6.42 Å². The van der Waals surface area contributed by atoms with Gasteiger partial charge in [-0.05, 0) is 30.0 Å². The van der Waals surface area contributed by atoms with Gasteiger partial charge in [0.1, 0.15) is 0 Å². The molecule has 4 heteroatoms. The van der Waals surface area contributed by atoms with Crippen molar-refractivity contribution in [1.82, 2.24) is 4.31 Å². The molecule has 0 aliphatic rings. The van der Waals surface area contributed by atoms with Crippen molar-refractivity contribution in [2.24, 2.45) is 5.92 Å². The SMILES string of the molecule is CCN(CC)S(=O)(=O)c1ccc(CC(C)C)cc1. The van der Waals surface area contributed by atoms with Crippen molar-refractivity contribution in [3.05, 3.63) is 29.8 Å². The Morgan fingerprint density at radius 2 is 1.56 bits per heavy atom. The zero-order valence-electron chi connectivity index (χ0n) is 11.7. The Morgan fingerprint density at radius 1 is 1.06 bits per heavy atom. The summed E-state index contributed by atoms with van der Waals surface area (Å²) in [5.74, 6) is 0.579. The van der Waals surface area contributed by atoms with Gasteiger partial charge in [-0.1, -0.05) is 39.8 Å². The first-order chi connectivity index (χ1) is 8.41. The van der Waals surface area contributed by atoms with Gasteiger partial charge in [0.2, 0.25) is 10.0 Å². The molecule has 0 atom stereocenters. The lowest BCUT2D eigenvalue weighted by Gasteiger charge is -2.18. The fourth-order valence-corrected chi connectivity index (χ4v) is 3.44. The summed E-state index contributed by atoms with van der Waals surface area (Å²) in [5, 5.41) is 0. The van der Waals surface area contributed by atoms with E-state index in [1.807, 2.05) is 26.0 Å². The first-order valence-electron chi connectivity index (χ1n) is 6.50. The minimum atomic E-state index is -3.31. The van der Waals surface area contributed by atoms with Crippen LogP contribution < -0.4 is 0 Å². The average molecular weight is 269 g/mol. The standard InChI is InChI=1S/C14H23NO2S/c1-5-15(6-2)18(16,17)14-9-7-13(8-10-14)11-12(3)4/h7-10,12H,5-6,11H2,1-4H3. The number of hydrogen-bond donors (Lipinski definition) is 0. The summed E-state index contributed by atoms with van der Waals surface area (Å²) in [6.07, 6.45) is 0.978. The molecule has 0 fully saturated rings. The van der Waals surface area contributed by atoms with E-state index in [1.54, 1.807) is 12.1 Å². The number of sulfonamides is 1. The van der Waals surface area contributed by atoms with Gasteiger partial charge in [0.05, 0.1) is 4.90 Å². The number of hydrogen-bond acceptors (Lipinski definition) is 2. The quantitative estimate of drug-likeness (QED) is 0.796. The average Bonchev–Trinajstić information content (AvgIpc) is 2.30. The van der Waals surface area contributed by atoms with E-state index in [4.69, 9.17) is 0 Å². The number of nitrogens with zero attached hydrogens (tertiary/aromatic N) is 1. The molecule has 0 saturated heterocycles. The van der Waals surface area contributed by atoms with Gasteiger partial charge < -0.3 is 0 Å². The Balaban J connectivity index is 2.97. The normalized spacial score (nSPS) is 12.3. The first-order valence-corrected chi connectivity index (χ1v) is 7.94. The molecule has 18 heavy (non-hydrogen) atoms. The summed E-state index contributed by atoms with van der Waals surface area (Å²) in [6, 6.07) is 7.25. The lowest BCUT2D eigenvalue weighted by Crippen LogP contribution is -2.30. The molecule has 0 N–H and O–H groups in total. The Kier molecular flexibility index (Phi) is 5.35. The van der Waals surface area contributed by atoms with Crippen molar-refractivity contribution in [3.8, 4) is 0 Å². The van der Waals surface area contributed by atoms with Gasteiger partial charge in [0, 0.05) is 13.1 Å². The molecule has 0 saturated carbocycles. The highest BCUT2D eigenvalue weighted by Gasteiger charge is 2.20. The zero-order valence-corrected chi connectivity index (χ0v) is 12.5. The third-order valence-corrected chi connectivity index (χ3v) is 4.97. The van der Waals surface area contributed by atoms with Crippen LogP contribution >= 0.6 is 0 Å². The smallest absolute Gasteiger partial charge is 0.207 e. The predicted molar refractivity (Wildman–Crippen MR) is 75.1 cm³/mol. The van der Waals surface area contributed by atoms with Crippen LogP contribution in [0.3, 0.4) is 0 Å². The Bertz CT molecular complexity index is 459. The van der Waals surface area contributed by atoms with Gasteiger partial charge in [-0.15, -0.1) is 0 Å². The van der Waals surface area contributed by atoms with Crippen molar-refractivity contribution in [2.75, 3.05) is 13.1 Å². The zero-order chi connectivity index (χ0) is 13.8. The van der Waals surface area contributed by atoms with Gasteiger partial charge in [-0.3, -0.25) is 0 Å². The van der Waals surface area contributed by atoms with Crippen LogP contribution in [0.4, 0.5) is 0 Å². The van der Waals surface area contributed by atoms with Crippen LogP contribution in [0, 0.1) is 5.92 Å². The molecule has 0 radical (unpaired) electrons. The van der Waals surface area contributed by atoms with Crippen LogP contribution in [0.5, 0.6) is 0 Å². The molecule has 0 bridgehead atoms. The first kappa shape index (κ1) is 15.2. The minimum Gasteiger partial charge on any atom is -0.207 e. The summed E-state index contributed by atoms with van der Waals surface area (Å²) < 4.78 is 26.0. The van der Waals surface area contributed by atoms with E-state index in [9.17, 15) is 8.42 Å². The highest BCUT2D eigenvalue weighted by Crippen LogP contribution is 2.17. The molecule has 0 heterocycles. The van der Waals surface area contributed by atoms with E-state index < -0.39 is 10.0 Å². The summed E-state index contributed by atoms with van der Waals surface area (Å²) in [4.78, 5) is 0.388. The fourth-order valence-electron chi connectivity index (χ4n) is 1.98. The van der Waals surface area contributed by atoms with E-state index in [0.29, 0.717) is 23.9 Å². The molecule has 102 valence electrons. The van der Waals surface area contributed by atoms with Crippen molar-refractivity contribution in [2.45, 2.75) is 39.0 Å². The molecule has 1 aromatic rings. The maximum absolute atomic E-state index is 12.3. The monoisotopic (exact) mass is 269 g/mol. The molecule has 0 unspecified atom stereocenters. The van der Waals surface area contributed by atoms with E-state index in [2.05, 4.69) is 13.8 Å². The summed E-state index contributed by atoms with van der Waals surface area (Å²) in [7, 11) is -3.31. The lowest BCUT2D eigenvalue weighted by molar-refractivity contribution is 0.445. The van der Waals surface area contributed by atoms with Crippen LogP contribution in [0.15, 0.2) is 29.2 Å². The van der Waals surface area contributed by atoms with Gasteiger partial charge in [0.25, 0.3) is 0 Å². The van der Waals surface area contributed by atoms with Crippen LogP contribution in [0.1, 0.15) is 33.3 Å². The van der Waals surface area contributed by atoms with Crippen LogP contribution in [0.2, 0.25) is 0 Å². The topological polar surface area (TPSA) is 37.4 Å². The van der Waals surface area contributed by atoms with E-state index >= 15 is 0 Å². The highest BCUT2D eigenvalue weighted by molar-refractivity contribution is 7.89. The van der Waals surface area contributed by atoms with Gasteiger partial charge in [-0.2, -0.15) is 4.31 Å². The molecule has 1 aromatic carbocycles. The lowest BCUT2D eigenvalue weighted by atomic mass is 10.0. The second-order valence-corrected chi connectivity index (χ2v) is 6.77. The highest BCUT2D eigenvalue weighted by atomic mass is 32.2. The molecule has 0 aliphatic heterocycles. The van der Waals surface area contributed by atoms with E-state index in [1.165, 1.54) is 9.87 Å². The van der Waals surface area contributed by atoms with E-state index in [-0.39, 0.29) is 0 Å². The second-order valence-electron chi connectivity index (χ2n) is 4.83. The van der Waals surface area contributed by atoms with Gasteiger partial charge >= 0.3 is 0 Å². The molecular formula is C14H23NO2S. The molecule has 0 aromatic heterocycles. The summed E-state index contributed by atoms with van der Waals surface area (Å²) in [5.41, 5.74) is 1.18. The molecule has 0 spiro atoms. The minimum absolute atomic E-state index is 0.388. The summed E-state index contributed by atoms with van der Waals surface area (Å²) in [6.45, 7) is 9.03. The summed E-state index contributed by atoms with van der Waals surface area (Å²) >= 11 is 0. The maximum Gasteiger partial charge on any atom is 0.243 e.